The number of hydrogen-bond donors (Lipinski definition) is 0. The number of Topliss-reactive ketones (excluding diaryl/α,β-unsaturated/α-hetero) is 1. The zero-order chi connectivity index (χ0) is 22.8. The molecule has 2 aromatic rings. The van der Waals surface area contributed by atoms with E-state index in [0.717, 1.165) is 0 Å². The number of morpholine rings is 1. The lowest BCUT2D eigenvalue weighted by molar-refractivity contribution is -0.131. The van der Waals surface area contributed by atoms with Crippen molar-refractivity contribution in [2.45, 2.75) is 50.1 Å². The Morgan fingerprint density at radius 2 is 1.55 bits per heavy atom. The van der Waals surface area contributed by atoms with Crippen molar-refractivity contribution < 1.29 is 23.5 Å². The number of piperidine rings is 1. The Hall–Kier alpha value is -2.73. The van der Waals surface area contributed by atoms with Crippen LogP contribution in [-0.2, 0) is 14.3 Å². The van der Waals surface area contributed by atoms with E-state index in [4.69, 9.17) is 9.47 Å². The van der Waals surface area contributed by atoms with Crippen LogP contribution in [0.5, 0.6) is 0 Å². The van der Waals surface area contributed by atoms with Gasteiger partial charge in [0.2, 0.25) is 0 Å². The number of nitrogens with zero attached hydrogens (tertiary/aromatic N) is 1. The lowest BCUT2D eigenvalue weighted by atomic mass is 9.81. The van der Waals surface area contributed by atoms with Crippen molar-refractivity contribution in [3.05, 3.63) is 59.7 Å². The van der Waals surface area contributed by atoms with Crippen LogP contribution in [0, 0.1) is 5.92 Å². The summed E-state index contributed by atoms with van der Waals surface area (Å²) in [4.78, 5) is 27.6. The number of ether oxygens (including phenoxy) is 2. The molecule has 0 N–H and O–H groups in total. The van der Waals surface area contributed by atoms with E-state index in [1.165, 1.54) is 22.3 Å². The average Bonchev–Trinajstić information content (AvgIpc) is 3.15. The minimum absolute atomic E-state index is 0.0204. The lowest BCUT2D eigenvalue weighted by Crippen LogP contribution is -2.60. The number of alkyl halides is 1. The number of benzene rings is 2. The van der Waals surface area contributed by atoms with Crippen molar-refractivity contribution in [3.8, 4) is 11.1 Å². The van der Waals surface area contributed by atoms with E-state index < -0.39 is 0 Å². The van der Waals surface area contributed by atoms with Crippen LogP contribution >= 0.6 is 0 Å². The molecule has 2 atom stereocenters. The Kier molecular flexibility index (Phi) is 6.45. The summed E-state index contributed by atoms with van der Waals surface area (Å²) < 4.78 is 24.0. The van der Waals surface area contributed by atoms with Crippen LogP contribution in [-0.4, -0.2) is 55.4 Å². The van der Waals surface area contributed by atoms with Crippen LogP contribution in [0.25, 0.3) is 11.1 Å². The van der Waals surface area contributed by atoms with Gasteiger partial charge in [-0.25, -0.2) is 4.79 Å². The highest BCUT2D eigenvalue weighted by atomic mass is 19.1. The van der Waals surface area contributed by atoms with Crippen LogP contribution in [0.15, 0.2) is 48.5 Å². The summed E-state index contributed by atoms with van der Waals surface area (Å²) in [6.45, 7) is 0.756. The van der Waals surface area contributed by atoms with Crippen molar-refractivity contribution in [2.75, 3.05) is 26.5 Å². The predicted octanol–water partition coefficient (Wildman–Crippen LogP) is 5.12. The number of ketones is 1. The number of rotatable bonds is 7. The maximum absolute atomic E-state index is 13.2. The number of carbonyl (C=O) groups is 2. The highest BCUT2D eigenvalue weighted by Crippen LogP contribution is 2.44. The van der Waals surface area contributed by atoms with Crippen molar-refractivity contribution in [1.82, 2.24) is 4.90 Å². The van der Waals surface area contributed by atoms with Gasteiger partial charge in [0.05, 0.1) is 32.0 Å². The van der Waals surface area contributed by atoms with Crippen molar-refractivity contribution >= 4 is 11.9 Å². The van der Waals surface area contributed by atoms with Crippen molar-refractivity contribution in [3.63, 3.8) is 0 Å². The molecule has 2 aromatic carbocycles. The summed E-state index contributed by atoms with van der Waals surface area (Å²) in [5, 5.41) is 0. The quantitative estimate of drug-likeness (QED) is 0.548. The number of carbonyl (C=O) groups excluding carboxylic acids is 2. The van der Waals surface area contributed by atoms with Crippen molar-refractivity contribution in [2.24, 2.45) is 5.92 Å². The highest BCUT2D eigenvalue weighted by molar-refractivity contribution is 5.82. The van der Waals surface area contributed by atoms with Gasteiger partial charge in [0.15, 0.2) is 0 Å². The molecule has 2 unspecified atom stereocenters. The molecule has 2 aliphatic heterocycles. The SMILES string of the molecule is O=C(CCCCF)C1CC2COCC(C1)N2C(=O)OCC1c2ccccc2-c2ccccc21. The summed E-state index contributed by atoms with van der Waals surface area (Å²) in [6, 6.07) is 16.3. The molecule has 6 heteroatoms. The summed E-state index contributed by atoms with van der Waals surface area (Å²) in [6.07, 6.45) is 2.30. The number of halogens is 1. The summed E-state index contributed by atoms with van der Waals surface area (Å²) in [5.41, 5.74) is 4.78. The van der Waals surface area contributed by atoms with E-state index in [-0.39, 0.29) is 49.1 Å². The molecule has 2 bridgehead atoms. The molecule has 0 saturated carbocycles. The van der Waals surface area contributed by atoms with E-state index >= 15 is 0 Å². The normalized spacial score (nSPS) is 23.7. The third kappa shape index (κ3) is 4.29. The topological polar surface area (TPSA) is 55.8 Å². The van der Waals surface area contributed by atoms with Gasteiger partial charge in [-0.2, -0.15) is 0 Å². The predicted molar refractivity (Wildman–Crippen MR) is 123 cm³/mol. The number of amides is 1. The molecule has 2 heterocycles. The summed E-state index contributed by atoms with van der Waals surface area (Å²) in [5.74, 6) is 0.126. The minimum Gasteiger partial charge on any atom is -0.448 e. The number of unbranched alkanes of at least 4 members (excludes halogenated alkanes) is 1. The van der Waals surface area contributed by atoms with Gasteiger partial charge in [0.1, 0.15) is 12.4 Å². The molecule has 0 spiro atoms. The Balaban J connectivity index is 1.25. The molecule has 2 fully saturated rings. The number of hydrogen-bond acceptors (Lipinski definition) is 4. The van der Waals surface area contributed by atoms with Gasteiger partial charge in [-0.05, 0) is 47.9 Å². The van der Waals surface area contributed by atoms with Gasteiger partial charge in [0.25, 0.3) is 0 Å². The van der Waals surface area contributed by atoms with E-state index in [1.54, 1.807) is 0 Å². The Labute approximate surface area is 193 Å². The van der Waals surface area contributed by atoms with Gasteiger partial charge in [0, 0.05) is 18.3 Å². The third-order valence-electron chi connectivity index (χ3n) is 7.33. The second-order valence-electron chi connectivity index (χ2n) is 9.34. The average molecular weight is 452 g/mol. The molecule has 5 rings (SSSR count). The first-order valence-corrected chi connectivity index (χ1v) is 12.0. The molecule has 33 heavy (non-hydrogen) atoms. The molecule has 5 nitrogen and oxygen atoms in total. The molecule has 1 amide bonds. The maximum Gasteiger partial charge on any atom is 0.410 e. The molecule has 3 aliphatic rings. The summed E-state index contributed by atoms with van der Waals surface area (Å²) >= 11 is 0. The van der Waals surface area contributed by atoms with E-state index in [0.29, 0.717) is 45.3 Å². The Morgan fingerprint density at radius 3 is 2.15 bits per heavy atom. The summed E-state index contributed by atoms with van der Waals surface area (Å²) in [7, 11) is 0. The Morgan fingerprint density at radius 1 is 0.939 bits per heavy atom. The first-order chi connectivity index (χ1) is 16.2. The van der Waals surface area contributed by atoms with Gasteiger partial charge in [-0.3, -0.25) is 14.1 Å². The lowest BCUT2D eigenvalue weighted by Gasteiger charge is -2.47. The number of fused-ring (bicyclic) bond motifs is 5. The maximum atomic E-state index is 13.2. The molecular formula is C27H30FNO4. The molecule has 0 aromatic heterocycles. The van der Waals surface area contributed by atoms with E-state index in [9.17, 15) is 14.0 Å². The smallest absolute Gasteiger partial charge is 0.410 e. The van der Waals surface area contributed by atoms with Crippen LogP contribution in [0.4, 0.5) is 9.18 Å². The van der Waals surface area contributed by atoms with Gasteiger partial charge in [-0.15, -0.1) is 0 Å². The zero-order valence-corrected chi connectivity index (χ0v) is 18.8. The first-order valence-electron chi connectivity index (χ1n) is 12.0. The second-order valence-corrected chi connectivity index (χ2v) is 9.34. The third-order valence-corrected chi connectivity index (χ3v) is 7.33. The molecule has 0 radical (unpaired) electrons. The van der Waals surface area contributed by atoms with E-state index in [2.05, 4.69) is 24.3 Å². The van der Waals surface area contributed by atoms with Crippen LogP contribution < -0.4 is 0 Å². The highest BCUT2D eigenvalue weighted by Gasteiger charge is 2.44. The van der Waals surface area contributed by atoms with Gasteiger partial charge >= 0.3 is 6.09 Å². The standard InChI is InChI=1S/C27H30FNO4/c28-12-6-5-11-26(30)18-13-19-15-32-16-20(14-18)29(19)27(31)33-17-25-23-9-3-1-7-21(23)22-8-2-4-10-24(22)25/h1-4,7-10,18-20,25H,5-6,11-17H2. The fourth-order valence-corrected chi connectivity index (χ4v) is 5.74. The zero-order valence-electron chi connectivity index (χ0n) is 18.8. The van der Waals surface area contributed by atoms with Gasteiger partial charge < -0.3 is 9.47 Å². The van der Waals surface area contributed by atoms with Crippen molar-refractivity contribution in [1.29, 1.82) is 0 Å². The largest absolute Gasteiger partial charge is 0.448 e. The fourth-order valence-electron chi connectivity index (χ4n) is 5.74. The monoisotopic (exact) mass is 451 g/mol. The Bertz CT molecular complexity index is 965. The van der Waals surface area contributed by atoms with Gasteiger partial charge in [-0.1, -0.05) is 48.5 Å². The minimum atomic E-state index is -0.382. The molecule has 1 aliphatic carbocycles. The fraction of sp³-hybridized carbons (Fsp3) is 0.481. The first kappa shape index (κ1) is 22.1. The van der Waals surface area contributed by atoms with Crippen LogP contribution in [0.2, 0.25) is 0 Å². The molecule has 174 valence electrons. The van der Waals surface area contributed by atoms with Crippen LogP contribution in [0.3, 0.4) is 0 Å². The van der Waals surface area contributed by atoms with E-state index in [1.807, 2.05) is 29.2 Å². The second kappa shape index (κ2) is 9.64. The molecule has 2 saturated heterocycles. The van der Waals surface area contributed by atoms with Crippen LogP contribution in [0.1, 0.15) is 49.1 Å². The molecular weight excluding hydrogens is 421 g/mol.